The smallest absolute Gasteiger partial charge is 0.196 e. The Balaban J connectivity index is 1.71. The summed E-state index contributed by atoms with van der Waals surface area (Å²) in [5.41, 5.74) is 21.5. The number of rotatable bonds is 4. The average Bonchev–Trinajstić information content (AvgIpc) is 2.82. The number of anilines is 6. The van der Waals surface area contributed by atoms with Gasteiger partial charge in [0.1, 0.15) is 0 Å². The van der Waals surface area contributed by atoms with Crippen LogP contribution in [-0.2, 0) is 0 Å². The van der Waals surface area contributed by atoms with Crippen LogP contribution in [0.15, 0.2) is 60.7 Å². The summed E-state index contributed by atoms with van der Waals surface area (Å²) < 4.78 is 0. The highest BCUT2D eigenvalue weighted by molar-refractivity contribution is 6.32. The molecule has 6 N–H and O–H groups in total. The summed E-state index contributed by atoms with van der Waals surface area (Å²) in [6, 6.07) is 18.2. The second-order valence-corrected chi connectivity index (χ2v) is 9.42. The second kappa shape index (κ2) is 8.57. The van der Waals surface area contributed by atoms with E-state index in [9.17, 15) is 9.59 Å². The zero-order valence-corrected chi connectivity index (χ0v) is 20.7. The van der Waals surface area contributed by atoms with Gasteiger partial charge < -0.3 is 22.1 Å². The Labute approximate surface area is 210 Å². The van der Waals surface area contributed by atoms with Gasteiger partial charge in [0.2, 0.25) is 0 Å². The molecule has 1 aliphatic rings. The minimum absolute atomic E-state index is 0.192. The van der Waals surface area contributed by atoms with Gasteiger partial charge >= 0.3 is 0 Å². The summed E-state index contributed by atoms with van der Waals surface area (Å²) in [6.45, 7) is 7.85. The van der Waals surface area contributed by atoms with Crippen molar-refractivity contribution in [3.63, 3.8) is 0 Å². The molecule has 0 unspecified atom stereocenters. The average molecular weight is 477 g/mol. The van der Waals surface area contributed by atoms with Gasteiger partial charge in [0.25, 0.3) is 0 Å². The normalized spacial score (nSPS) is 12.2. The van der Waals surface area contributed by atoms with E-state index in [0.29, 0.717) is 45.0 Å². The van der Waals surface area contributed by atoms with Crippen molar-refractivity contribution < 1.29 is 9.59 Å². The summed E-state index contributed by atoms with van der Waals surface area (Å²) in [7, 11) is 0. The Morgan fingerprint density at radius 2 is 0.889 bits per heavy atom. The fourth-order valence-corrected chi connectivity index (χ4v) is 5.09. The fourth-order valence-electron chi connectivity index (χ4n) is 5.09. The Morgan fingerprint density at radius 1 is 0.556 bits per heavy atom. The number of hydrogen-bond donors (Lipinski definition) is 4. The zero-order valence-electron chi connectivity index (χ0n) is 20.7. The van der Waals surface area contributed by atoms with E-state index in [2.05, 4.69) is 10.6 Å². The van der Waals surface area contributed by atoms with Crippen LogP contribution in [0.4, 0.5) is 34.1 Å². The molecule has 0 amide bonds. The van der Waals surface area contributed by atoms with Crippen molar-refractivity contribution in [1.29, 1.82) is 0 Å². The molecule has 0 spiro atoms. The van der Waals surface area contributed by atoms with Crippen molar-refractivity contribution in [3.05, 3.63) is 105 Å². The molecule has 0 bridgehead atoms. The van der Waals surface area contributed by atoms with Crippen LogP contribution in [0.3, 0.4) is 0 Å². The van der Waals surface area contributed by atoms with Crippen molar-refractivity contribution >= 4 is 45.7 Å². The van der Waals surface area contributed by atoms with Gasteiger partial charge in [-0.2, -0.15) is 0 Å². The summed E-state index contributed by atoms with van der Waals surface area (Å²) in [5, 5.41) is 6.85. The first-order valence-corrected chi connectivity index (χ1v) is 11.8. The lowest BCUT2D eigenvalue weighted by Crippen LogP contribution is -2.23. The Morgan fingerprint density at radius 3 is 1.22 bits per heavy atom. The Hall–Kier alpha value is -4.58. The van der Waals surface area contributed by atoms with Gasteiger partial charge in [0.05, 0.1) is 22.5 Å². The number of benzene rings is 4. The number of nitrogens with two attached hydrogens (primary N) is 2. The number of carbonyl (C=O) groups excluding carboxylic acids is 2. The van der Waals surface area contributed by atoms with Gasteiger partial charge in [-0.3, -0.25) is 9.59 Å². The quantitative estimate of drug-likeness (QED) is 0.225. The first-order valence-electron chi connectivity index (χ1n) is 11.8. The Kier molecular flexibility index (Phi) is 5.52. The number of carbonyl (C=O) groups is 2. The number of hydrogen-bond acceptors (Lipinski definition) is 6. The van der Waals surface area contributed by atoms with Gasteiger partial charge in [-0.25, -0.2) is 0 Å². The van der Waals surface area contributed by atoms with Crippen molar-refractivity contribution in [2.75, 3.05) is 22.1 Å². The highest BCUT2D eigenvalue weighted by atomic mass is 16.1. The molecule has 0 atom stereocenters. The predicted octanol–water partition coefficient (Wildman–Crippen LogP) is 6.35. The molecule has 0 fully saturated rings. The molecule has 4 aromatic rings. The molecule has 1 aliphatic carbocycles. The van der Waals surface area contributed by atoms with E-state index in [0.717, 1.165) is 33.6 Å². The zero-order chi connectivity index (χ0) is 25.7. The summed E-state index contributed by atoms with van der Waals surface area (Å²) >= 11 is 0. The maximum absolute atomic E-state index is 13.8. The van der Waals surface area contributed by atoms with E-state index in [1.54, 1.807) is 24.3 Å². The van der Waals surface area contributed by atoms with Crippen molar-refractivity contribution in [1.82, 2.24) is 0 Å². The maximum Gasteiger partial charge on any atom is 0.196 e. The molecule has 6 nitrogen and oxygen atoms in total. The molecular formula is C30H28N4O2. The first kappa shape index (κ1) is 23.2. The first-order chi connectivity index (χ1) is 17.2. The van der Waals surface area contributed by atoms with Crippen LogP contribution in [0.1, 0.15) is 54.1 Å². The third kappa shape index (κ3) is 3.77. The molecule has 4 aromatic carbocycles. The number of nitrogen functional groups attached to an aromatic ring is 2. The van der Waals surface area contributed by atoms with Crippen molar-refractivity contribution in [2.24, 2.45) is 0 Å². The van der Waals surface area contributed by atoms with Crippen LogP contribution in [0, 0.1) is 27.7 Å². The van der Waals surface area contributed by atoms with Crippen LogP contribution in [0.25, 0.3) is 0 Å². The molecule has 0 aliphatic heterocycles. The number of fused-ring (bicyclic) bond motifs is 2. The molecule has 0 saturated heterocycles. The van der Waals surface area contributed by atoms with E-state index in [1.807, 2.05) is 64.1 Å². The third-order valence-electron chi connectivity index (χ3n) is 6.71. The maximum atomic E-state index is 13.8. The van der Waals surface area contributed by atoms with Crippen molar-refractivity contribution in [3.8, 4) is 0 Å². The van der Waals surface area contributed by atoms with E-state index < -0.39 is 0 Å². The monoisotopic (exact) mass is 476 g/mol. The SMILES string of the molecule is Cc1cc(N)cc(C)c1Nc1ccc(Nc2c(C)cc(N)cc2C)c2c1C(=O)c1ccccc1C2=O. The van der Waals surface area contributed by atoms with Crippen LogP contribution in [0.5, 0.6) is 0 Å². The molecule has 0 saturated carbocycles. The second-order valence-electron chi connectivity index (χ2n) is 9.42. The fraction of sp³-hybridized carbons (Fsp3) is 0.133. The van der Waals surface area contributed by atoms with E-state index in [1.165, 1.54) is 0 Å². The van der Waals surface area contributed by atoms with Crippen LogP contribution in [0.2, 0.25) is 0 Å². The van der Waals surface area contributed by atoms with E-state index >= 15 is 0 Å². The highest BCUT2D eigenvalue weighted by Crippen LogP contribution is 2.40. The predicted molar refractivity (Wildman–Crippen MR) is 147 cm³/mol. The topological polar surface area (TPSA) is 110 Å². The lowest BCUT2D eigenvalue weighted by molar-refractivity contribution is 0.0980. The van der Waals surface area contributed by atoms with Gasteiger partial charge in [0.15, 0.2) is 11.6 Å². The standard InChI is InChI=1S/C30H28N4O2/c1-15-11-19(31)12-16(2)27(15)33-23-9-10-24(34-28-17(3)13-20(32)14-18(28)4)26-25(23)29(35)21-7-5-6-8-22(21)30(26)36/h5-14,33-34H,31-32H2,1-4H3. The minimum atomic E-state index is -0.192. The molecular weight excluding hydrogens is 448 g/mol. The van der Waals surface area contributed by atoms with Crippen molar-refractivity contribution in [2.45, 2.75) is 27.7 Å². The van der Waals surface area contributed by atoms with Crippen LogP contribution < -0.4 is 22.1 Å². The number of aryl methyl sites for hydroxylation is 4. The molecule has 0 radical (unpaired) electrons. The third-order valence-corrected chi connectivity index (χ3v) is 6.71. The number of nitrogens with one attached hydrogen (secondary N) is 2. The molecule has 6 heteroatoms. The molecule has 0 aromatic heterocycles. The summed E-state index contributed by atoms with van der Waals surface area (Å²) in [6.07, 6.45) is 0. The van der Waals surface area contributed by atoms with Gasteiger partial charge in [-0.05, 0) is 86.3 Å². The van der Waals surface area contributed by atoms with E-state index in [-0.39, 0.29) is 11.6 Å². The number of ketones is 2. The lowest BCUT2D eigenvalue weighted by Gasteiger charge is -2.25. The molecule has 36 heavy (non-hydrogen) atoms. The van der Waals surface area contributed by atoms with Crippen LogP contribution in [-0.4, -0.2) is 11.6 Å². The Bertz CT molecular complexity index is 1420. The largest absolute Gasteiger partial charge is 0.399 e. The highest BCUT2D eigenvalue weighted by Gasteiger charge is 2.34. The van der Waals surface area contributed by atoms with Gasteiger partial charge in [-0.1, -0.05) is 24.3 Å². The minimum Gasteiger partial charge on any atom is -0.399 e. The lowest BCUT2D eigenvalue weighted by atomic mass is 9.82. The van der Waals surface area contributed by atoms with Gasteiger partial charge in [-0.15, -0.1) is 0 Å². The molecule has 5 rings (SSSR count). The molecule has 180 valence electrons. The van der Waals surface area contributed by atoms with Crippen LogP contribution >= 0.6 is 0 Å². The summed E-state index contributed by atoms with van der Waals surface area (Å²) in [5.74, 6) is -0.384. The molecule has 0 heterocycles. The van der Waals surface area contributed by atoms with Gasteiger partial charge in [0, 0.05) is 33.9 Å². The van der Waals surface area contributed by atoms with E-state index in [4.69, 9.17) is 11.5 Å². The summed E-state index contributed by atoms with van der Waals surface area (Å²) in [4.78, 5) is 27.6.